The fourth-order valence-corrected chi connectivity index (χ4v) is 5.03. The Kier molecular flexibility index (Phi) is 5.31. The maximum Gasteiger partial charge on any atom is 0.265 e. The number of benzene rings is 2. The molecule has 1 saturated heterocycles. The van der Waals surface area contributed by atoms with E-state index in [0.29, 0.717) is 46.7 Å². The van der Waals surface area contributed by atoms with Crippen LogP contribution in [0.1, 0.15) is 31.2 Å². The van der Waals surface area contributed by atoms with Crippen molar-refractivity contribution in [2.75, 3.05) is 6.61 Å². The van der Waals surface area contributed by atoms with Crippen molar-refractivity contribution in [2.24, 2.45) is 0 Å². The minimum Gasteiger partial charge on any atom is -0.376 e. The highest BCUT2D eigenvalue weighted by Crippen LogP contribution is 2.28. The second-order valence-electron chi connectivity index (χ2n) is 8.69. The molecule has 7 nitrogen and oxygen atoms in total. The van der Waals surface area contributed by atoms with Gasteiger partial charge in [0.25, 0.3) is 5.56 Å². The Morgan fingerprint density at radius 2 is 1.76 bits per heavy atom. The molecule has 1 aliphatic rings. The molecule has 4 heterocycles. The largest absolute Gasteiger partial charge is 0.376 e. The number of rotatable bonds is 5. The SMILES string of the molecule is CCc1nc2c(c(=O)n1C[C@@H]1CCCO1)c1nc3ccccc3nc1n2Cc1ccccc1Cl. The molecule has 34 heavy (non-hydrogen) atoms. The van der Waals surface area contributed by atoms with Gasteiger partial charge in [-0.05, 0) is 36.6 Å². The van der Waals surface area contributed by atoms with Crippen molar-refractivity contribution in [3.8, 4) is 0 Å². The van der Waals surface area contributed by atoms with Gasteiger partial charge >= 0.3 is 0 Å². The molecule has 0 aliphatic carbocycles. The molecule has 1 aliphatic heterocycles. The third-order valence-electron chi connectivity index (χ3n) is 6.54. The van der Waals surface area contributed by atoms with Crippen LogP contribution in [0.4, 0.5) is 0 Å². The van der Waals surface area contributed by atoms with Crippen molar-refractivity contribution in [1.29, 1.82) is 0 Å². The number of halogens is 1. The minimum atomic E-state index is -0.0927. The molecule has 2 aromatic carbocycles. The Bertz CT molecular complexity index is 1600. The van der Waals surface area contributed by atoms with E-state index in [-0.39, 0.29) is 11.7 Å². The van der Waals surface area contributed by atoms with E-state index in [9.17, 15) is 4.79 Å². The minimum absolute atomic E-state index is 0.0330. The molecule has 0 saturated carbocycles. The predicted octanol–water partition coefficient (Wildman–Crippen LogP) is 4.74. The highest BCUT2D eigenvalue weighted by Gasteiger charge is 2.24. The lowest BCUT2D eigenvalue weighted by atomic mass is 10.2. The summed E-state index contributed by atoms with van der Waals surface area (Å²) in [5.41, 5.74) is 4.16. The van der Waals surface area contributed by atoms with E-state index in [0.717, 1.165) is 41.9 Å². The number of hydrogen-bond acceptors (Lipinski definition) is 5. The highest BCUT2D eigenvalue weighted by atomic mass is 35.5. The van der Waals surface area contributed by atoms with Gasteiger partial charge in [-0.3, -0.25) is 9.36 Å². The quantitative estimate of drug-likeness (QED) is 0.368. The van der Waals surface area contributed by atoms with Crippen LogP contribution in [0.15, 0.2) is 53.3 Å². The number of para-hydroxylation sites is 2. The van der Waals surface area contributed by atoms with Crippen molar-refractivity contribution in [3.05, 3.63) is 75.3 Å². The summed E-state index contributed by atoms with van der Waals surface area (Å²) in [7, 11) is 0. The van der Waals surface area contributed by atoms with Crippen LogP contribution in [0.3, 0.4) is 0 Å². The molecule has 0 N–H and O–H groups in total. The number of fused-ring (bicyclic) bond motifs is 4. The Hall–Kier alpha value is -3.29. The second kappa shape index (κ2) is 8.49. The molecule has 0 amide bonds. The lowest BCUT2D eigenvalue weighted by Crippen LogP contribution is -2.30. The van der Waals surface area contributed by atoms with Gasteiger partial charge < -0.3 is 9.30 Å². The first-order valence-electron chi connectivity index (χ1n) is 11.7. The van der Waals surface area contributed by atoms with Crippen molar-refractivity contribution >= 4 is 44.8 Å². The van der Waals surface area contributed by atoms with E-state index in [1.165, 1.54) is 0 Å². The number of nitrogens with zero attached hydrogens (tertiary/aromatic N) is 5. The standard InChI is InChI=1S/C26H24ClN5O2/c1-2-21-30-24-22(26(33)31(21)15-17-9-7-13-34-17)23-25(29-20-12-6-5-11-19(20)28-23)32(24)14-16-8-3-4-10-18(16)27/h3-6,8,10-12,17H,2,7,9,13-15H2,1H3/t17-/m0/s1. The first-order chi connectivity index (χ1) is 16.6. The summed E-state index contributed by atoms with van der Waals surface area (Å²) in [5.74, 6) is 0.737. The molecule has 1 fully saturated rings. The van der Waals surface area contributed by atoms with Crippen LogP contribution in [0.5, 0.6) is 0 Å². The van der Waals surface area contributed by atoms with Crippen molar-refractivity contribution < 1.29 is 4.74 Å². The first-order valence-corrected chi connectivity index (χ1v) is 12.0. The van der Waals surface area contributed by atoms with Crippen LogP contribution in [0.25, 0.3) is 33.2 Å². The summed E-state index contributed by atoms with van der Waals surface area (Å²) in [5, 5.41) is 1.16. The third-order valence-corrected chi connectivity index (χ3v) is 6.91. The molecule has 6 rings (SSSR count). The Labute approximate surface area is 201 Å². The lowest BCUT2D eigenvalue weighted by molar-refractivity contribution is 0.0953. The third kappa shape index (κ3) is 3.47. The summed E-state index contributed by atoms with van der Waals surface area (Å²) in [4.78, 5) is 28.7. The normalized spacial score (nSPS) is 16.2. The molecule has 172 valence electrons. The van der Waals surface area contributed by atoms with E-state index in [1.807, 2.05) is 60.0 Å². The van der Waals surface area contributed by atoms with Gasteiger partial charge in [-0.2, -0.15) is 0 Å². The van der Waals surface area contributed by atoms with Crippen LogP contribution in [0.2, 0.25) is 5.02 Å². The maximum absolute atomic E-state index is 13.9. The topological polar surface area (TPSA) is 74.8 Å². The fourth-order valence-electron chi connectivity index (χ4n) is 4.83. The molecular weight excluding hydrogens is 450 g/mol. The molecule has 3 aromatic heterocycles. The molecule has 8 heteroatoms. The summed E-state index contributed by atoms with van der Waals surface area (Å²) >= 11 is 6.50. The van der Waals surface area contributed by atoms with E-state index in [2.05, 4.69) is 0 Å². The Balaban J connectivity index is 1.67. The molecule has 5 aromatic rings. The summed E-state index contributed by atoms with van der Waals surface area (Å²) in [6.07, 6.45) is 2.64. The smallest absolute Gasteiger partial charge is 0.265 e. The second-order valence-corrected chi connectivity index (χ2v) is 9.10. The highest BCUT2D eigenvalue weighted by molar-refractivity contribution is 6.31. The van der Waals surface area contributed by atoms with Gasteiger partial charge in [0.2, 0.25) is 0 Å². The van der Waals surface area contributed by atoms with Crippen molar-refractivity contribution in [3.63, 3.8) is 0 Å². The summed E-state index contributed by atoms with van der Waals surface area (Å²) in [6, 6.07) is 15.4. The van der Waals surface area contributed by atoms with Crippen molar-refractivity contribution in [2.45, 2.75) is 45.4 Å². The van der Waals surface area contributed by atoms with E-state index in [4.69, 9.17) is 31.3 Å². The van der Waals surface area contributed by atoms with E-state index < -0.39 is 0 Å². The van der Waals surface area contributed by atoms with Gasteiger partial charge in [0.05, 0.1) is 30.2 Å². The zero-order valence-corrected chi connectivity index (χ0v) is 19.6. The average molecular weight is 474 g/mol. The number of ether oxygens (including phenoxy) is 1. The molecule has 0 bridgehead atoms. The first kappa shape index (κ1) is 21.3. The van der Waals surface area contributed by atoms with Crippen LogP contribution in [0, 0.1) is 0 Å². The molecule has 0 spiro atoms. The zero-order valence-electron chi connectivity index (χ0n) is 18.9. The van der Waals surface area contributed by atoms with Gasteiger partial charge in [-0.25, -0.2) is 15.0 Å². The van der Waals surface area contributed by atoms with Gasteiger partial charge in [0, 0.05) is 18.1 Å². The molecule has 0 radical (unpaired) electrons. The molecule has 1 atom stereocenters. The Morgan fingerprint density at radius 3 is 2.50 bits per heavy atom. The maximum atomic E-state index is 13.9. The predicted molar refractivity (Wildman–Crippen MR) is 134 cm³/mol. The molecule has 0 unspecified atom stereocenters. The Morgan fingerprint density at radius 1 is 1.00 bits per heavy atom. The summed E-state index contributed by atoms with van der Waals surface area (Å²) < 4.78 is 9.58. The van der Waals surface area contributed by atoms with Gasteiger partial charge in [0.15, 0.2) is 11.3 Å². The monoisotopic (exact) mass is 473 g/mol. The van der Waals surface area contributed by atoms with Crippen LogP contribution in [-0.2, 0) is 24.2 Å². The number of hydrogen-bond donors (Lipinski definition) is 0. The fraction of sp³-hybridized carbons (Fsp3) is 0.308. The lowest BCUT2D eigenvalue weighted by Gasteiger charge is -2.16. The summed E-state index contributed by atoms with van der Waals surface area (Å²) in [6.45, 7) is 3.71. The zero-order chi connectivity index (χ0) is 23.2. The van der Waals surface area contributed by atoms with Gasteiger partial charge in [0.1, 0.15) is 16.7 Å². The van der Waals surface area contributed by atoms with Gasteiger partial charge in [-0.15, -0.1) is 0 Å². The van der Waals surface area contributed by atoms with E-state index >= 15 is 0 Å². The number of aryl methyl sites for hydroxylation is 1. The molecular formula is C26H24ClN5O2. The van der Waals surface area contributed by atoms with Crippen LogP contribution >= 0.6 is 11.6 Å². The average Bonchev–Trinajstić information content (AvgIpc) is 3.47. The van der Waals surface area contributed by atoms with Crippen LogP contribution < -0.4 is 5.56 Å². The van der Waals surface area contributed by atoms with Crippen molar-refractivity contribution in [1.82, 2.24) is 24.1 Å². The van der Waals surface area contributed by atoms with Gasteiger partial charge in [-0.1, -0.05) is 48.9 Å². The number of aromatic nitrogens is 5. The van der Waals surface area contributed by atoms with E-state index in [1.54, 1.807) is 4.57 Å². The van der Waals surface area contributed by atoms with Crippen LogP contribution in [-0.4, -0.2) is 36.8 Å².